The maximum absolute atomic E-state index is 13.0. The molecule has 1 N–H and O–H groups in total. The molecular formula is C16H19FN4O. The third-order valence-electron chi connectivity index (χ3n) is 3.77. The van der Waals surface area contributed by atoms with Crippen LogP contribution < -0.4 is 10.2 Å². The molecule has 1 aromatic carbocycles. The minimum atomic E-state index is -0.294. The second-order valence-corrected chi connectivity index (χ2v) is 5.22. The second kappa shape index (κ2) is 6.81. The molecule has 0 amide bonds. The number of hydrogen-bond acceptors (Lipinski definition) is 5. The van der Waals surface area contributed by atoms with Gasteiger partial charge >= 0.3 is 0 Å². The highest BCUT2D eigenvalue weighted by Crippen LogP contribution is 2.25. The molecule has 1 fully saturated rings. The normalized spacial score (nSPS) is 16.5. The first kappa shape index (κ1) is 14.9. The molecular weight excluding hydrogens is 283 g/mol. The van der Waals surface area contributed by atoms with Gasteiger partial charge < -0.3 is 15.0 Å². The molecule has 0 aliphatic carbocycles. The molecule has 0 bridgehead atoms. The molecule has 1 aliphatic heterocycles. The van der Waals surface area contributed by atoms with Gasteiger partial charge in [-0.2, -0.15) is 0 Å². The van der Waals surface area contributed by atoms with Crippen molar-refractivity contribution in [1.82, 2.24) is 15.3 Å². The van der Waals surface area contributed by atoms with Gasteiger partial charge in [-0.25, -0.2) is 14.4 Å². The number of rotatable bonds is 4. The summed E-state index contributed by atoms with van der Waals surface area (Å²) >= 11 is 0. The Labute approximate surface area is 129 Å². The number of benzene rings is 1. The Bertz CT molecular complexity index is 597. The van der Waals surface area contributed by atoms with Crippen LogP contribution in [0, 0.1) is 5.82 Å². The summed E-state index contributed by atoms with van der Waals surface area (Å²) in [4.78, 5) is 11.0. The quantitative estimate of drug-likeness (QED) is 0.932. The van der Waals surface area contributed by atoms with E-state index in [2.05, 4.69) is 20.2 Å². The van der Waals surface area contributed by atoms with Gasteiger partial charge in [0.2, 0.25) is 5.95 Å². The standard InChI is InChI=1S/C16H19FN4O/c1-22-15(12-2-4-14(17)5-3-12)13-10-19-16(20-11-13)21-8-6-18-7-9-21/h2-5,10-11,15,18H,6-9H2,1H3. The van der Waals surface area contributed by atoms with E-state index in [0.717, 1.165) is 43.3 Å². The van der Waals surface area contributed by atoms with Crippen molar-refractivity contribution in [2.75, 3.05) is 38.2 Å². The number of aromatic nitrogens is 2. The molecule has 1 unspecified atom stereocenters. The van der Waals surface area contributed by atoms with Crippen molar-refractivity contribution in [1.29, 1.82) is 0 Å². The van der Waals surface area contributed by atoms with E-state index in [0.29, 0.717) is 0 Å². The van der Waals surface area contributed by atoms with E-state index in [1.807, 2.05) is 0 Å². The largest absolute Gasteiger partial charge is 0.372 e. The van der Waals surface area contributed by atoms with Crippen LogP contribution in [0.1, 0.15) is 17.2 Å². The number of anilines is 1. The predicted octanol–water partition coefficient (Wildman–Crippen LogP) is 1.76. The van der Waals surface area contributed by atoms with Crippen LogP contribution >= 0.6 is 0 Å². The molecule has 5 nitrogen and oxygen atoms in total. The molecule has 0 radical (unpaired) electrons. The van der Waals surface area contributed by atoms with Crippen molar-refractivity contribution in [3.8, 4) is 0 Å². The SMILES string of the molecule is COC(c1ccc(F)cc1)c1cnc(N2CCNCC2)nc1. The number of nitrogens with one attached hydrogen (secondary N) is 1. The highest BCUT2D eigenvalue weighted by atomic mass is 19.1. The smallest absolute Gasteiger partial charge is 0.225 e. The number of ether oxygens (including phenoxy) is 1. The zero-order valence-corrected chi connectivity index (χ0v) is 12.5. The van der Waals surface area contributed by atoms with Gasteiger partial charge in [0.25, 0.3) is 0 Å². The summed E-state index contributed by atoms with van der Waals surface area (Å²) in [7, 11) is 1.62. The van der Waals surface area contributed by atoms with Crippen LogP contribution in [0.2, 0.25) is 0 Å². The number of halogens is 1. The summed E-state index contributed by atoms with van der Waals surface area (Å²) in [6.07, 6.45) is 3.27. The van der Waals surface area contributed by atoms with Gasteiger partial charge in [-0.05, 0) is 17.7 Å². The number of methoxy groups -OCH3 is 1. The lowest BCUT2D eigenvalue weighted by Gasteiger charge is -2.27. The van der Waals surface area contributed by atoms with Gasteiger partial charge in [-0.15, -0.1) is 0 Å². The van der Waals surface area contributed by atoms with Crippen LogP contribution in [0.3, 0.4) is 0 Å². The van der Waals surface area contributed by atoms with E-state index in [1.165, 1.54) is 12.1 Å². The van der Waals surface area contributed by atoms with E-state index in [4.69, 9.17) is 4.74 Å². The Hall–Kier alpha value is -2.05. The monoisotopic (exact) mass is 302 g/mol. The highest BCUT2D eigenvalue weighted by Gasteiger charge is 2.17. The fraction of sp³-hybridized carbons (Fsp3) is 0.375. The summed E-state index contributed by atoms with van der Waals surface area (Å²) in [6.45, 7) is 3.71. The Morgan fingerprint density at radius 1 is 1.09 bits per heavy atom. The summed E-state index contributed by atoms with van der Waals surface area (Å²) in [5.74, 6) is 0.475. The van der Waals surface area contributed by atoms with E-state index >= 15 is 0 Å². The van der Waals surface area contributed by atoms with Crippen LogP contribution in [0.5, 0.6) is 0 Å². The summed E-state index contributed by atoms with van der Waals surface area (Å²) in [5, 5.41) is 3.30. The Balaban J connectivity index is 1.79. The van der Waals surface area contributed by atoms with Gasteiger partial charge in [0, 0.05) is 51.2 Å². The third kappa shape index (κ3) is 3.23. The lowest BCUT2D eigenvalue weighted by Crippen LogP contribution is -2.44. The minimum absolute atomic E-state index is 0.260. The van der Waals surface area contributed by atoms with Crippen molar-refractivity contribution in [3.63, 3.8) is 0 Å². The van der Waals surface area contributed by atoms with Crippen molar-refractivity contribution in [2.24, 2.45) is 0 Å². The van der Waals surface area contributed by atoms with Gasteiger partial charge in [-0.3, -0.25) is 0 Å². The lowest BCUT2D eigenvalue weighted by molar-refractivity contribution is 0.136. The Kier molecular flexibility index (Phi) is 4.60. The first-order chi connectivity index (χ1) is 10.8. The third-order valence-corrected chi connectivity index (χ3v) is 3.77. The molecule has 116 valence electrons. The second-order valence-electron chi connectivity index (χ2n) is 5.22. The molecule has 3 rings (SSSR count). The molecule has 2 heterocycles. The Morgan fingerprint density at radius 2 is 1.73 bits per heavy atom. The summed E-state index contributed by atoms with van der Waals surface area (Å²) < 4.78 is 18.6. The first-order valence-electron chi connectivity index (χ1n) is 7.34. The number of piperazine rings is 1. The average Bonchev–Trinajstić information content (AvgIpc) is 2.59. The Morgan fingerprint density at radius 3 is 2.32 bits per heavy atom. The first-order valence-corrected chi connectivity index (χ1v) is 7.34. The molecule has 6 heteroatoms. The zero-order chi connectivity index (χ0) is 15.4. The molecule has 1 aliphatic rings. The lowest BCUT2D eigenvalue weighted by atomic mass is 10.0. The fourth-order valence-electron chi connectivity index (χ4n) is 2.60. The van der Waals surface area contributed by atoms with E-state index in [-0.39, 0.29) is 11.9 Å². The van der Waals surface area contributed by atoms with Crippen molar-refractivity contribution < 1.29 is 9.13 Å². The van der Waals surface area contributed by atoms with E-state index in [9.17, 15) is 4.39 Å². The molecule has 0 saturated carbocycles. The number of nitrogens with zero attached hydrogens (tertiary/aromatic N) is 3. The molecule has 22 heavy (non-hydrogen) atoms. The van der Waals surface area contributed by atoms with Gasteiger partial charge in [0.15, 0.2) is 0 Å². The van der Waals surface area contributed by atoms with Gasteiger partial charge in [0.1, 0.15) is 11.9 Å². The molecule has 2 aromatic rings. The van der Waals surface area contributed by atoms with Crippen molar-refractivity contribution in [2.45, 2.75) is 6.10 Å². The maximum Gasteiger partial charge on any atom is 0.225 e. The molecule has 1 atom stereocenters. The molecule has 1 aromatic heterocycles. The summed E-state index contributed by atoms with van der Waals surface area (Å²) in [5.41, 5.74) is 1.73. The van der Waals surface area contributed by atoms with Crippen molar-refractivity contribution >= 4 is 5.95 Å². The molecule has 0 spiro atoms. The maximum atomic E-state index is 13.0. The topological polar surface area (TPSA) is 50.3 Å². The van der Waals surface area contributed by atoms with Crippen LogP contribution in [-0.4, -0.2) is 43.3 Å². The predicted molar refractivity (Wildman–Crippen MR) is 82.4 cm³/mol. The van der Waals surface area contributed by atoms with Crippen LogP contribution in [0.4, 0.5) is 10.3 Å². The van der Waals surface area contributed by atoms with Crippen LogP contribution in [0.15, 0.2) is 36.7 Å². The fourth-order valence-corrected chi connectivity index (χ4v) is 2.60. The summed E-state index contributed by atoms with van der Waals surface area (Å²) in [6, 6.07) is 6.29. The molecule has 1 saturated heterocycles. The van der Waals surface area contributed by atoms with E-state index < -0.39 is 0 Å². The number of hydrogen-bond donors (Lipinski definition) is 1. The van der Waals surface area contributed by atoms with Crippen LogP contribution in [0.25, 0.3) is 0 Å². The minimum Gasteiger partial charge on any atom is -0.372 e. The van der Waals surface area contributed by atoms with E-state index in [1.54, 1.807) is 31.6 Å². The average molecular weight is 302 g/mol. The highest BCUT2D eigenvalue weighted by molar-refractivity contribution is 5.34. The van der Waals surface area contributed by atoms with Gasteiger partial charge in [0.05, 0.1) is 0 Å². The van der Waals surface area contributed by atoms with Crippen LogP contribution in [-0.2, 0) is 4.74 Å². The van der Waals surface area contributed by atoms with Gasteiger partial charge in [-0.1, -0.05) is 12.1 Å². The zero-order valence-electron chi connectivity index (χ0n) is 12.5. The van der Waals surface area contributed by atoms with Crippen molar-refractivity contribution in [3.05, 3.63) is 53.6 Å².